The van der Waals surface area contributed by atoms with Crippen molar-refractivity contribution >= 4 is 44.1 Å². The summed E-state index contributed by atoms with van der Waals surface area (Å²) in [4.78, 5) is 25.1. The number of hydrogen-bond acceptors (Lipinski definition) is 5. The van der Waals surface area contributed by atoms with Crippen LogP contribution >= 0.6 is 27.3 Å². The van der Waals surface area contributed by atoms with E-state index >= 15 is 0 Å². The largest absolute Gasteiger partial charge is 0.484 e. The smallest absolute Gasteiger partial charge is 0.341 e. The predicted molar refractivity (Wildman–Crippen MR) is 123 cm³/mol. The molecule has 2 aromatic carbocycles. The molecule has 0 aliphatic rings. The zero-order chi connectivity index (χ0) is 21.7. The van der Waals surface area contributed by atoms with Crippen molar-refractivity contribution in [2.45, 2.75) is 20.8 Å². The van der Waals surface area contributed by atoms with E-state index < -0.39 is 5.97 Å². The molecule has 0 fully saturated rings. The van der Waals surface area contributed by atoms with Gasteiger partial charge in [0.1, 0.15) is 16.3 Å². The molecule has 1 amide bonds. The molecule has 0 spiro atoms. The van der Waals surface area contributed by atoms with Gasteiger partial charge in [-0.1, -0.05) is 39.7 Å². The quantitative estimate of drug-likeness (QED) is 0.415. The highest BCUT2D eigenvalue weighted by Crippen LogP contribution is 2.37. The highest BCUT2D eigenvalue weighted by atomic mass is 79.9. The number of thiophene rings is 1. The standard InChI is InChI=1S/C23H22BrNO4S/c1-4-28-23(27)21-19(18-10-5-14(2)11-15(18)3)13-30-22(21)25-20(26)12-29-17-8-6-16(24)7-9-17/h5-11,13H,4,12H2,1-3H3,(H,25,26). The van der Waals surface area contributed by atoms with E-state index in [0.717, 1.165) is 26.7 Å². The van der Waals surface area contributed by atoms with Crippen molar-refractivity contribution in [2.75, 3.05) is 18.5 Å². The van der Waals surface area contributed by atoms with Crippen molar-refractivity contribution in [3.8, 4) is 16.9 Å². The van der Waals surface area contributed by atoms with Crippen LogP contribution in [0.4, 0.5) is 5.00 Å². The normalized spacial score (nSPS) is 10.5. The minimum absolute atomic E-state index is 0.166. The molecule has 30 heavy (non-hydrogen) atoms. The van der Waals surface area contributed by atoms with Gasteiger partial charge in [-0.25, -0.2) is 4.79 Å². The number of halogens is 1. The van der Waals surface area contributed by atoms with Gasteiger partial charge in [-0.15, -0.1) is 11.3 Å². The van der Waals surface area contributed by atoms with E-state index in [9.17, 15) is 9.59 Å². The van der Waals surface area contributed by atoms with E-state index in [0.29, 0.717) is 16.3 Å². The van der Waals surface area contributed by atoms with Crippen molar-refractivity contribution in [2.24, 2.45) is 0 Å². The molecule has 1 N–H and O–H groups in total. The second-order valence-corrected chi connectivity index (χ2v) is 8.48. The van der Waals surface area contributed by atoms with Gasteiger partial charge in [0.2, 0.25) is 0 Å². The fourth-order valence-corrected chi connectivity index (χ4v) is 4.24. The Bertz CT molecular complexity index is 1060. The maximum atomic E-state index is 12.7. The van der Waals surface area contributed by atoms with Gasteiger partial charge >= 0.3 is 5.97 Å². The zero-order valence-corrected chi connectivity index (χ0v) is 19.4. The minimum atomic E-state index is -0.460. The molecule has 3 rings (SSSR count). The lowest BCUT2D eigenvalue weighted by molar-refractivity contribution is -0.118. The first-order chi connectivity index (χ1) is 14.4. The molecule has 0 unspecified atom stereocenters. The van der Waals surface area contributed by atoms with Gasteiger partial charge in [0.25, 0.3) is 5.91 Å². The molecule has 156 valence electrons. The highest BCUT2D eigenvalue weighted by Gasteiger charge is 2.23. The Hall–Kier alpha value is -2.64. The maximum absolute atomic E-state index is 12.7. The average molecular weight is 488 g/mol. The van der Waals surface area contributed by atoms with E-state index in [4.69, 9.17) is 9.47 Å². The third-order valence-corrected chi connectivity index (χ3v) is 5.80. The molecule has 0 aliphatic carbocycles. The van der Waals surface area contributed by atoms with Crippen LogP contribution in [0.1, 0.15) is 28.4 Å². The number of nitrogens with one attached hydrogen (secondary N) is 1. The van der Waals surface area contributed by atoms with E-state index in [1.54, 1.807) is 19.1 Å². The first kappa shape index (κ1) is 22.1. The van der Waals surface area contributed by atoms with Crippen molar-refractivity contribution in [1.82, 2.24) is 0 Å². The Kier molecular flexibility index (Phi) is 7.29. The van der Waals surface area contributed by atoms with Gasteiger partial charge in [0, 0.05) is 15.4 Å². The van der Waals surface area contributed by atoms with E-state index in [1.165, 1.54) is 11.3 Å². The fraction of sp³-hybridized carbons (Fsp3) is 0.217. The number of ether oxygens (including phenoxy) is 2. The third-order valence-electron chi connectivity index (χ3n) is 4.38. The molecule has 3 aromatic rings. The van der Waals surface area contributed by atoms with Crippen LogP contribution in [-0.4, -0.2) is 25.1 Å². The number of aryl methyl sites for hydroxylation is 2. The monoisotopic (exact) mass is 487 g/mol. The summed E-state index contributed by atoms with van der Waals surface area (Å²) >= 11 is 4.65. The Morgan fingerprint density at radius 3 is 2.47 bits per heavy atom. The molecule has 1 aromatic heterocycles. The molecule has 0 bridgehead atoms. The molecule has 0 saturated heterocycles. The van der Waals surface area contributed by atoms with Crippen molar-refractivity contribution < 1.29 is 19.1 Å². The molecule has 0 aliphatic heterocycles. The van der Waals surface area contributed by atoms with Crippen LogP contribution < -0.4 is 10.1 Å². The van der Waals surface area contributed by atoms with Crippen molar-refractivity contribution in [3.63, 3.8) is 0 Å². The first-order valence-electron chi connectivity index (χ1n) is 9.43. The van der Waals surface area contributed by atoms with Crippen LogP contribution in [0.15, 0.2) is 52.3 Å². The van der Waals surface area contributed by atoms with E-state index in [-0.39, 0.29) is 19.1 Å². The Morgan fingerprint density at radius 1 is 1.07 bits per heavy atom. The van der Waals surface area contributed by atoms with Gasteiger partial charge in [-0.05, 0) is 56.2 Å². The average Bonchev–Trinajstić information content (AvgIpc) is 3.11. The second-order valence-electron chi connectivity index (χ2n) is 6.68. The maximum Gasteiger partial charge on any atom is 0.341 e. The van der Waals surface area contributed by atoms with Gasteiger partial charge in [0.15, 0.2) is 6.61 Å². The van der Waals surface area contributed by atoms with Gasteiger partial charge in [-0.3, -0.25) is 4.79 Å². The SMILES string of the molecule is CCOC(=O)c1c(-c2ccc(C)cc2C)csc1NC(=O)COc1ccc(Br)cc1. The number of hydrogen-bond donors (Lipinski definition) is 1. The molecular weight excluding hydrogens is 466 g/mol. The summed E-state index contributed by atoms with van der Waals surface area (Å²) in [7, 11) is 0. The molecular formula is C23H22BrNO4S. The topological polar surface area (TPSA) is 64.6 Å². The third kappa shape index (κ3) is 5.29. The minimum Gasteiger partial charge on any atom is -0.484 e. The van der Waals surface area contributed by atoms with E-state index in [2.05, 4.69) is 27.3 Å². The Labute approximate surface area is 188 Å². The predicted octanol–water partition coefficient (Wildman–Crippen LogP) is 5.99. The van der Waals surface area contributed by atoms with Crippen LogP contribution in [0.3, 0.4) is 0 Å². The number of carbonyl (C=O) groups is 2. The molecule has 7 heteroatoms. The number of esters is 1. The summed E-state index contributed by atoms with van der Waals surface area (Å²) in [5.74, 6) is -0.225. The number of amides is 1. The lowest BCUT2D eigenvalue weighted by Gasteiger charge is -2.11. The van der Waals surface area contributed by atoms with Crippen LogP contribution in [-0.2, 0) is 9.53 Å². The lowest BCUT2D eigenvalue weighted by Crippen LogP contribution is -2.21. The lowest BCUT2D eigenvalue weighted by atomic mass is 9.97. The van der Waals surface area contributed by atoms with Crippen LogP contribution in [0.5, 0.6) is 5.75 Å². The summed E-state index contributed by atoms with van der Waals surface area (Å²) in [5, 5.41) is 5.12. The van der Waals surface area contributed by atoms with Gasteiger partial charge in [-0.2, -0.15) is 0 Å². The molecule has 0 atom stereocenters. The highest BCUT2D eigenvalue weighted by molar-refractivity contribution is 9.10. The molecule has 5 nitrogen and oxygen atoms in total. The zero-order valence-electron chi connectivity index (χ0n) is 17.0. The number of benzene rings is 2. The van der Waals surface area contributed by atoms with E-state index in [1.807, 2.05) is 43.5 Å². The summed E-state index contributed by atoms with van der Waals surface area (Å²) in [6.07, 6.45) is 0. The van der Waals surface area contributed by atoms with Crippen molar-refractivity contribution in [3.05, 3.63) is 69.0 Å². The Morgan fingerprint density at radius 2 is 1.80 bits per heavy atom. The molecule has 0 radical (unpaired) electrons. The van der Waals surface area contributed by atoms with Crippen LogP contribution in [0, 0.1) is 13.8 Å². The summed E-state index contributed by atoms with van der Waals surface area (Å²) in [6, 6.07) is 13.3. The Balaban J connectivity index is 1.83. The summed E-state index contributed by atoms with van der Waals surface area (Å²) < 4.78 is 11.7. The fourth-order valence-electron chi connectivity index (χ4n) is 3.01. The first-order valence-corrected chi connectivity index (χ1v) is 11.1. The molecule has 0 saturated carbocycles. The van der Waals surface area contributed by atoms with Gasteiger partial charge < -0.3 is 14.8 Å². The number of anilines is 1. The number of rotatable bonds is 7. The van der Waals surface area contributed by atoms with Crippen LogP contribution in [0.25, 0.3) is 11.1 Å². The van der Waals surface area contributed by atoms with Crippen molar-refractivity contribution in [1.29, 1.82) is 0 Å². The van der Waals surface area contributed by atoms with Gasteiger partial charge in [0.05, 0.1) is 6.61 Å². The molecule has 1 heterocycles. The van der Waals surface area contributed by atoms with Crippen LogP contribution in [0.2, 0.25) is 0 Å². The number of carbonyl (C=O) groups excluding carboxylic acids is 2. The summed E-state index contributed by atoms with van der Waals surface area (Å²) in [5.41, 5.74) is 4.25. The second kappa shape index (κ2) is 9.91. The summed E-state index contributed by atoms with van der Waals surface area (Å²) in [6.45, 7) is 5.86.